The summed E-state index contributed by atoms with van der Waals surface area (Å²) in [6.07, 6.45) is 2.28. The lowest BCUT2D eigenvalue weighted by atomic mass is 10.3. The summed E-state index contributed by atoms with van der Waals surface area (Å²) in [6, 6.07) is 9.65. The third kappa shape index (κ3) is 3.62. The third-order valence-electron chi connectivity index (χ3n) is 3.34. The molecule has 0 radical (unpaired) electrons. The van der Waals surface area contributed by atoms with Gasteiger partial charge in [-0.05, 0) is 25.0 Å². The molecule has 2 heterocycles. The molecule has 1 aromatic carbocycles. The smallest absolute Gasteiger partial charge is 0.328 e. The van der Waals surface area contributed by atoms with Gasteiger partial charge in [0, 0.05) is 19.6 Å². The van der Waals surface area contributed by atoms with Gasteiger partial charge >= 0.3 is 6.01 Å². The molecule has 0 aliphatic carbocycles. The summed E-state index contributed by atoms with van der Waals surface area (Å²) >= 11 is 0. The molecular formula is C15H19N5O2. The Morgan fingerprint density at radius 2 is 1.86 bits per heavy atom. The average molecular weight is 301 g/mol. The molecule has 1 saturated heterocycles. The van der Waals surface area contributed by atoms with E-state index < -0.39 is 0 Å². The first-order chi connectivity index (χ1) is 10.8. The first kappa shape index (κ1) is 14.5. The van der Waals surface area contributed by atoms with Crippen molar-refractivity contribution in [3.05, 3.63) is 30.3 Å². The number of aliphatic hydroxyl groups is 1. The fourth-order valence-electron chi connectivity index (χ4n) is 2.29. The number of anilines is 2. The highest BCUT2D eigenvalue weighted by Gasteiger charge is 2.18. The molecule has 116 valence electrons. The van der Waals surface area contributed by atoms with Gasteiger partial charge in [-0.1, -0.05) is 18.2 Å². The summed E-state index contributed by atoms with van der Waals surface area (Å²) < 4.78 is 5.71. The molecule has 0 amide bonds. The second-order valence-electron chi connectivity index (χ2n) is 5.00. The van der Waals surface area contributed by atoms with E-state index in [4.69, 9.17) is 9.84 Å². The molecule has 2 N–H and O–H groups in total. The van der Waals surface area contributed by atoms with Crippen molar-refractivity contribution in [2.24, 2.45) is 0 Å². The first-order valence-corrected chi connectivity index (χ1v) is 7.44. The molecule has 7 nitrogen and oxygen atoms in total. The number of nitrogens with one attached hydrogen (secondary N) is 1. The monoisotopic (exact) mass is 301 g/mol. The predicted octanol–water partition coefficient (Wildman–Crippen LogP) is 1.67. The van der Waals surface area contributed by atoms with E-state index in [1.807, 2.05) is 30.3 Å². The summed E-state index contributed by atoms with van der Waals surface area (Å²) in [4.78, 5) is 15.2. The SMILES string of the molecule is OCCNc1nc(Oc2ccccc2)nc(N2CCCC2)n1. The summed E-state index contributed by atoms with van der Waals surface area (Å²) in [5, 5.41) is 11.9. The van der Waals surface area contributed by atoms with Gasteiger partial charge in [0.1, 0.15) is 5.75 Å². The van der Waals surface area contributed by atoms with Crippen molar-refractivity contribution in [2.75, 3.05) is 36.5 Å². The Balaban J connectivity index is 1.85. The lowest BCUT2D eigenvalue weighted by Crippen LogP contribution is -2.22. The van der Waals surface area contributed by atoms with Gasteiger partial charge in [-0.25, -0.2) is 0 Å². The van der Waals surface area contributed by atoms with Crippen LogP contribution in [0.1, 0.15) is 12.8 Å². The Bertz CT molecular complexity index is 602. The van der Waals surface area contributed by atoms with E-state index >= 15 is 0 Å². The number of hydrogen-bond donors (Lipinski definition) is 2. The molecule has 0 spiro atoms. The molecule has 1 aromatic heterocycles. The average Bonchev–Trinajstić information content (AvgIpc) is 3.08. The van der Waals surface area contributed by atoms with Gasteiger partial charge < -0.3 is 20.1 Å². The number of para-hydroxylation sites is 1. The third-order valence-corrected chi connectivity index (χ3v) is 3.34. The zero-order valence-electron chi connectivity index (χ0n) is 12.3. The van der Waals surface area contributed by atoms with E-state index in [1.54, 1.807) is 0 Å². The standard InChI is InChI=1S/C15H19N5O2/c21-11-8-16-13-17-14(20-9-4-5-10-20)19-15(18-13)22-12-6-2-1-3-7-12/h1-3,6-7,21H,4-5,8-11H2,(H,16,17,18,19). The largest absolute Gasteiger partial charge is 0.424 e. The van der Waals surface area contributed by atoms with Crippen LogP contribution >= 0.6 is 0 Å². The fraction of sp³-hybridized carbons (Fsp3) is 0.400. The zero-order chi connectivity index (χ0) is 15.2. The Kier molecular flexibility index (Phi) is 4.65. The molecule has 0 unspecified atom stereocenters. The van der Waals surface area contributed by atoms with Gasteiger partial charge in [0.25, 0.3) is 0 Å². The van der Waals surface area contributed by atoms with Crippen molar-refractivity contribution >= 4 is 11.9 Å². The normalized spacial score (nSPS) is 14.1. The molecule has 0 bridgehead atoms. The van der Waals surface area contributed by atoms with Crippen LogP contribution in [0, 0.1) is 0 Å². The van der Waals surface area contributed by atoms with Crippen molar-refractivity contribution in [2.45, 2.75) is 12.8 Å². The second-order valence-corrected chi connectivity index (χ2v) is 5.00. The van der Waals surface area contributed by atoms with E-state index in [1.165, 1.54) is 0 Å². The van der Waals surface area contributed by atoms with Crippen LogP contribution in [0.25, 0.3) is 0 Å². The van der Waals surface area contributed by atoms with Crippen molar-refractivity contribution in [1.82, 2.24) is 15.0 Å². The Morgan fingerprint density at radius 1 is 1.09 bits per heavy atom. The molecule has 0 saturated carbocycles. The number of nitrogens with zero attached hydrogens (tertiary/aromatic N) is 4. The molecule has 1 aliphatic heterocycles. The fourth-order valence-corrected chi connectivity index (χ4v) is 2.29. The number of benzene rings is 1. The minimum absolute atomic E-state index is 0.0135. The van der Waals surface area contributed by atoms with Gasteiger partial charge in [-0.2, -0.15) is 15.0 Å². The number of hydrogen-bond acceptors (Lipinski definition) is 7. The number of aromatic nitrogens is 3. The molecule has 1 aliphatic rings. The van der Waals surface area contributed by atoms with Crippen molar-refractivity contribution in [3.8, 4) is 11.8 Å². The van der Waals surface area contributed by atoms with E-state index in [0.29, 0.717) is 24.2 Å². The Labute approximate surface area is 129 Å². The molecule has 22 heavy (non-hydrogen) atoms. The van der Waals surface area contributed by atoms with Crippen molar-refractivity contribution < 1.29 is 9.84 Å². The topological polar surface area (TPSA) is 83.4 Å². The lowest BCUT2D eigenvalue weighted by molar-refractivity contribution is 0.310. The minimum atomic E-state index is 0.0135. The highest BCUT2D eigenvalue weighted by atomic mass is 16.5. The molecule has 1 fully saturated rings. The van der Waals surface area contributed by atoms with Crippen molar-refractivity contribution in [1.29, 1.82) is 0 Å². The lowest BCUT2D eigenvalue weighted by Gasteiger charge is -2.16. The molecule has 2 aromatic rings. The maximum Gasteiger partial charge on any atom is 0.328 e. The van der Waals surface area contributed by atoms with Crippen LogP contribution in [0.3, 0.4) is 0 Å². The van der Waals surface area contributed by atoms with Crippen LogP contribution in [0.15, 0.2) is 30.3 Å². The van der Waals surface area contributed by atoms with Crippen LogP contribution in [-0.4, -0.2) is 46.3 Å². The zero-order valence-corrected chi connectivity index (χ0v) is 12.3. The highest BCUT2D eigenvalue weighted by molar-refractivity contribution is 5.40. The van der Waals surface area contributed by atoms with Gasteiger partial charge in [-0.15, -0.1) is 0 Å². The van der Waals surface area contributed by atoms with Crippen LogP contribution < -0.4 is 15.0 Å². The van der Waals surface area contributed by atoms with E-state index in [2.05, 4.69) is 25.2 Å². The quantitative estimate of drug-likeness (QED) is 0.839. The predicted molar refractivity (Wildman–Crippen MR) is 83.4 cm³/mol. The van der Waals surface area contributed by atoms with E-state index in [9.17, 15) is 0 Å². The van der Waals surface area contributed by atoms with Gasteiger partial charge in [-0.3, -0.25) is 0 Å². The van der Waals surface area contributed by atoms with Gasteiger partial charge in [0.15, 0.2) is 0 Å². The molecule has 7 heteroatoms. The summed E-state index contributed by atoms with van der Waals surface area (Å²) in [5.74, 6) is 1.70. The summed E-state index contributed by atoms with van der Waals surface area (Å²) in [6.45, 7) is 2.27. The summed E-state index contributed by atoms with van der Waals surface area (Å²) in [7, 11) is 0. The number of aliphatic hydroxyl groups excluding tert-OH is 1. The molecular weight excluding hydrogens is 282 g/mol. The van der Waals surface area contributed by atoms with E-state index in [-0.39, 0.29) is 12.6 Å². The van der Waals surface area contributed by atoms with Crippen LogP contribution in [0.2, 0.25) is 0 Å². The number of ether oxygens (including phenoxy) is 1. The molecule has 0 atom stereocenters. The first-order valence-electron chi connectivity index (χ1n) is 7.44. The Hall–Kier alpha value is -2.41. The van der Waals surface area contributed by atoms with Crippen LogP contribution in [-0.2, 0) is 0 Å². The van der Waals surface area contributed by atoms with Gasteiger partial charge in [0.05, 0.1) is 6.61 Å². The highest BCUT2D eigenvalue weighted by Crippen LogP contribution is 2.22. The van der Waals surface area contributed by atoms with E-state index in [0.717, 1.165) is 25.9 Å². The maximum atomic E-state index is 8.94. The maximum absolute atomic E-state index is 8.94. The van der Waals surface area contributed by atoms with Gasteiger partial charge in [0.2, 0.25) is 11.9 Å². The van der Waals surface area contributed by atoms with Crippen LogP contribution in [0.5, 0.6) is 11.8 Å². The summed E-state index contributed by atoms with van der Waals surface area (Å²) in [5.41, 5.74) is 0. The van der Waals surface area contributed by atoms with Crippen molar-refractivity contribution in [3.63, 3.8) is 0 Å². The molecule has 3 rings (SSSR count). The Morgan fingerprint density at radius 3 is 2.59 bits per heavy atom. The number of rotatable bonds is 6. The van der Waals surface area contributed by atoms with Crippen LogP contribution in [0.4, 0.5) is 11.9 Å². The minimum Gasteiger partial charge on any atom is -0.424 e. The second kappa shape index (κ2) is 7.04.